The molecule has 6 nitrogen and oxygen atoms in total. The van der Waals surface area contributed by atoms with Crippen molar-refractivity contribution in [3.8, 4) is 5.75 Å². The molecule has 0 aliphatic carbocycles. The summed E-state index contributed by atoms with van der Waals surface area (Å²) in [7, 11) is -3.73. The highest BCUT2D eigenvalue weighted by molar-refractivity contribution is 9.10. The largest absolute Gasteiger partial charge is 0.484 e. The molecule has 0 aliphatic heterocycles. The zero-order valence-corrected chi connectivity index (χ0v) is 20.5. The van der Waals surface area contributed by atoms with E-state index >= 15 is 0 Å². The molecule has 0 aromatic heterocycles. The first-order valence-electron chi connectivity index (χ1n) is 9.29. The highest BCUT2D eigenvalue weighted by Gasteiger charge is 2.15. The maximum atomic E-state index is 12.5. The minimum atomic E-state index is -3.73. The van der Waals surface area contributed by atoms with Crippen LogP contribution in [0.15, 0.2) is 86.6 Å². The Labute approximate surface area is 198 Å². The van der Waals surface area contributed by atoms with Gasteiger partial charge in [0.15, 0.2) is 6.61 Å². The Bertz CT molecular complexity index is 1130. The summed E-state index contributed by atoms with van der Waals surface area (Å²) in [6, 6.07) is 20.2. The van der Waals surface area contributed by atoms with E-state index in [0.717, 1.165) is 14.5 Å². The number of hydrogen-bond acceptors (Lipinski definition) is 4. The number of rotatable bonds is 8. The van der Waals surface area contributed by atoms with Crippen molar-refractivity contribution in [2.24, 2.45) is 0 Å². The van der Waals surface area contributed by atoms with Crippen LogP contribution < -0.4 is 14.8 Å². The summed E-state index contributed by atoms with van der Waals surface area (Å²) in [5, 5.41) is 2.86. The van der Waals surface area contributed by atoms with Crippen molar-refractivity contribution >= 4 is 53.5 Å². The van der Waals surface area contributed by atoms with E-state index in [0.29, 0.717) is 11.4 Å². The molecule has 3 aromatic rings. The zero-order chi connectivity index (χ0) is 22.4. The first-order valence-corrected chi connectivity index (χ1v) is 12.4. The first-order chi connectivity index (χ1) is 14.7. The number of amides is 1. The molecule has 0 fully saturated rings. The van der Waals surface area contributed by atoms with Crippen LogP contribution in [0.1, 0.15) is 18.5 Å². The Morgan fingerprint density at radius 3 is 2.03 bits per heavy atom. The Morgan fingerprint density at radius 1 is 0.903 bits per heavy atom. The highest BCUT2D eigenvalue weighted by atomic mass is 79.9. The fraction of sp³-hybridized carbons (Fsp3) is 0.136. The summed E-state index contributed by atoms with van der Waals surface area (Å²) >= 11 is 6.69. The van der Waals surface area contributed by atoms with Gasteiger partial charge in [-0.3, -0.25) is 9.52 Å². The fourth-order valence-corrected chi connectivity index (χ4v) is 4.30. The lowest BCUT2D eigenvalue weighted by atomic mass is 10.1. The van der Waals surface area contributed by atoms with E-state index in [1.165, 1.54) is 24.3 Å². The summed E-state index contributed by atoms with van der Waals surface area (Å²) in [6.07, 6.45) is 0. The van der Waals surface area contributed by atoms with Gasteiger partial charge in [0, 0.05) is 14.6 Å². The van der Waals surface area contributed by atoms with Gasteiger partial charge >= 0.3 is 0 Å². The summed E-state index contributed by atoms with van der Waals surface area (Å²) in [6.45, 7) is 1.71. The van der Waals surface area contributed by atoms with Crippen LogP contribution in [-0.2, 0) is 14.8 Å². The lowest BCUT2D eigenvalue weighted by Gasteiger charge is -2.15. The van der Waals surface area contributed by atoms with E-state index in [2.05, 4.69) is 41.9 Å². The standard InChI is InChI=1S/C22H20Br2N2O4S/c1-15(16-2-4-17(23)5-3-16)25-22(27)14-30-20-10-12-21(13-11-20)31(28,29)26-19-8-6-18(24)7-9-19/h2-13,15,26H,14H2,1H3,(H,25,27). The van der Waals surface area contributed by atoms with Gasteiger partial charge < -0.3 is 10.1 Å². The topological polar surface area (TPSA) is 84.5 Å². The molecule has 1 amide bonds. The molecule has 31 heavy (non-hydrogen) atoms. The lowest BCUT2D eigenvalue weighted by molar-refractivity contribution is -0.123. The molecule has 1 unspecified atom stereocenters. The van der Waals surface area contributed by atoms with Gasteiger partial charge in [-0.25, -0.2) is 8.42 Å². The van der Waals surface area contributed by atoms with Crippen molar-refractivity contribution in [1.82, 2.24) is 5.32 Å². The molecule has 0 aliphatic rings. The second-order valence-electron chi connectivity index (χ2n) is 6.71. The van der Waals surface area contributed by atoms with E-state index in [4.69, 9.17) is 4.74 Å². The van der Waals surface area contributed by atoms with Gasteiger partial charge in [-0.15, -0.1) is 0 Å². The van der Waals surface area contributed by atoms with E-state index in [1.54, 1.807) is 24.3 Å². The first kappa shape index (κ1) is 23.3. The molecule has 0 saturated heterocycles. The van der Waals surface area contributed by atoms with Gasteiger partial charge in [0.2, 0.25) is 0 Å². The Kier molecular flexibility index (Phi) is 7.74. The molecule has 0 radical (unpaired) electrons. The number of nitrogens with one attached hydrogen (secondary N) is 2. The van der Waals surface area contributed by atoms with Crippen LogP contribution in [0.5, 0.6) is 5.75 Å². The SMILES string of the molecule is CC(NC(=O)COc1ccc(S(=O)(=O)Nc2ccc(Br)cc2)cc1)c1ccc(Br)cc1. The number of carbonyl (C=O) groups excluding carboxylic acids is 1. The average molecular weight is 568 g/mol. The van der Waals surface area contributed by atoms with Gasteiger partial charge in [-0.05, 0) is 73.2 Å². The van der Waals surface area contributed by atoms with Crippen LogP contribution in [0, 0.1) is 0 Å². The smallest absolute Gasteiger partial charge is 0.261 e. The number of sulfonamides is 1. The van der Waals surface area contributed by atoms with Gasteiger partial charge in [0.1, 0.15) is 5.75 Å². The second-order valence-corrected chi connectivity index (χ2v) is 10.2. The summed E-state index contributed by atoms with van der Waals surface area (Å²) in [4.78, 5) is 12.3. The number of halogens is 2. The van der Waals surface area contributed by atoms with Crippen molar-refractivity contribution in [1.29, 1.82) is 0 Å². The van der Waals surface area contributed by atoms with Crippen molar-refractivity contribution in [3.63, 3.8) is 0 Å². The average Bonchev–Trinajstić information content (AvgIpc) is 2.74. The summed E-state index contributed by atoms with van der Waals surface area (Å²) in [5.74, 6) is 0.123. The monoisotopic (exact) mass is 566 g/mol. The van der Waals surface area contributed by atoms with Crippen LogP contribution in [0.4, 0.5) is 5.69 Å². The third kappa shape index (κ3) is 6.81. The van der Waals surface area contributed by atoms with E-state index in [1.807, 2.05) is 31.2 Å². The molecule has 3 rings (SSSR count). The number of ether oxygens (including phenoxy) is 1. The van der Waals surface area contributed by atoms with E-state index < -0.39 is 10.0 Å². The third-order valence-corrected chi connectivity index (χ3v) is 6.80. The number of carbonyl (C=O) groups is 1. The van der Waals surface area contributed by atoms with E-state index in [9.17, 15) is 13.2 Å². The maximum Gasteiger partial charge on any atom is 0.261 e. The number of anilines is 1. The molecule has 0 spiro atoms. The predicted octanol–water partition coefficient (Wildman–Crippen LogP) is 5.27. The Morgan fingerprint density at radius 2 is 1.45 bits per heavy atom. The number of hydrogen-bond donors (Lipinski definition) is 2. The highest BCUT2D eigenvalue weighted by Crippen LogP contribution is 2.21. The molecule has 162 valence electrons. The maximum absolute atomic E-state index is 12.5. The minimum Gasteiger partial charge on any atom is -0.484 e. The Balaban J connectivity index is 1.54. The van der Waals surface area contributed by atoms with Crippen molar-refractivity contribution in [3.05, 3.63) is 87.3 Å². The molecule has 0 heterocycles. The molecule has 2 N–H and O–H groups in total. The summed E-state index contributed by atoms with van der Waals surface area (Å²) in [5.41, 5.74) is 1.43. The zero-order valence-electron chi connectivity index (χ0n) is 16.5. The van der Waals surface area contributed by atoms with Crippen LogP contribution in [0.25, 0.3) is 0 Å². The van der Waals surface area contributed by atoms with Crippen molar-refractivity contribution in [2.75, 3.05) is 11.3 Å². The van der Waals surface area contributed by atoms with Crippen molar-refractivity contribution in [2.45, 2.75) is 17.9 Å². The molecular weight excluding hydrogens is 548 g/mol. The molecule has 0 bridgehead atoms. The third-order valence-electron chi connectivity index (χ3n) is 4.35. The summed E-state index contributed by atoms with van der Waals surface area (Å²) < 4.78 is 34.8. The fourth-order valence-electron chi connectivity index (χ4n) is 2.71. The van der Waals surface area contributed by atoms with Crippen LogP contribution in [0.3, 0.4) is 0 Å². The predicted molar refractivity (Wildman–Crippen MR) is 128 cm³/mol. The number of benzene rings is 3. The molecule has 3 aromatic carbocycles. The molecule has 0 saturated carbocycles. The second kappa shape index (κ2) is 10.3. The lowest BCUT2D eigenvalue weighted by Crippen LogP contribution is -2.31. The quantitative estimate of drug-likeness (QED) is 0.388. The molecule has 1 atom stereocenters. The van der Waals surface area contributed by atoms with Crippen molar-refractivity contribution < 1.29 is 17.9 Å². The molecule has 9 heteroatoms. The van der Waals surface area contributed by atoms with Crippen LogP contribution in [-0.4, -0.2) is 20.9 Å². The Hall–Kier alpha value is -2.36. The van der Waals surface area contributed by atoms with Gasteiger partial charge in [0.25, 0.3) is 15.9 Å². The molecular formula is C22H20Br2N2O4S. The van der Waals surface area contributed by atoms with Gasteiger partial charge in [0.05, 0.1) is 10.9 Å². The van der Waals surface area contributed by atoms with Gasteiger partial charge in [-0.2, -0.15) is 0 Å². The normalized spacial score (nSPS) is 12.1. The van der Waals surface area contributed by atoms with E-state index in [-0.39, 0.29) is 23.5 Å². The minimum absolute atomic E-state index is 0.0936. The van der Waals surface area contributed by atoms with Crippen LogP contribution in [0.2, 0.25) is 0 Å². The van der Waals surface area contributed by atoms with Gasteiger partial charge in [-0.1, -0.05) is 44.0 Å². The van der Waals surface area contributed by atoms with Crippen LogP contribution >= 0.6 is 31.9 Å².